The van der Waals surface area contributed by atoms with Crippen molar-refractivity contribution in [1.29, 1.82) is 0 Å². The van der Waals surface area contributed by atoms with E-state index in [2.05, 4.69) is 0 Å². The Morgan fingerprint density at radius 3 is 2.58 bits per heavy atom. The van der Waals surface area contributed by atoms with Crippen LogP contribution in [0.25, 0.3) is 0 Å². The number of hydrogen-bond donors (Lipinski definition) is 1. The van der Waals surface area contributed by atoms with Gasteiger partial charge in [-0.1, -0.05) is 6.42 Å². The third kappa shape index (κ3) is 1.06. The first kappa shape index (κ1) is 7.84. The van der Waals surface area contributed by atoms with Crippen LogP contribution in [-0.4, -0.2) is 6.29 Å². The Bertz CT molecular complexity index is 222. The highest BCUT2D eigenvalue weighted by Crippen LogP contribution is 2.50. The molecule has 66 valence electrons. The summed E-state index contributed by atoms with van der Waals surface area (Å²) in [6, 6.07) is 0. The average Bonchev–Trinajstić information content (AvgIpc) is 2.67. The lowest BCUT2D eigenvalue weighted by Crippen LogP contribution is -2.14. The summed E-state index contributed by atoms with van der Waals surface area (Å²) < 4.78 is 0. The van der Waals surface area contributed by atoms with E-state index in [1.807, 2.05) is 0 Å². The average molecular weight is 165 g/mol. The van der Waals surface area contributed by atoms with Crippen LogP contribution in [0, 0.1) is 17.8 Å². The van der Waals surface area contributed by atoms with Crippen molar-refractivity contribution in [2.75, 3.05) is 0 Å². The topological polar surface area (TPSA) is 43.1 Å². The Hall–Kier alpha value is -0.790. The second-order valence-electron chi connectivity index (χ2n) is 4.07. The Morgan fingerprint density at radius 2 is 2.17 bits per heavy atom. The Labute approximate surface area is 72.8 Å². The number of carbonyl (C=O) groups is 1. The fourth-order valence-corrected chi connectivity index (χ4v) is 2.90. The van der Waals surface area contributed by atoms with Gasteiger partial charge in [0.15, 0.2) is 0 Å². The lowest BCUT2D eigenvalue weighted by atomic mass is 9.84. The first-order chi connectivity index (χ1) is 5.85. The highest BCUT2D eigenvalue weighted by atomic mass is 16.1. The molecule has 0 saturated heterocycles. The lowest BCUT2D eigenvalue weighted by molar-refractivity contribution is -0.105. The van der Waals surface area contributed by atoms with Gasteiger partial charge >= 0.3 is 0 Å². The van der Waals surface area contributed by atoms with Crippen LogP contribution in [-0.2, 0) is 4.79 Å². The Morgan fingerprint density at radius 1 is 1.33 bits per heavy atom. The third-order valence-corrected chi connectivity index (χ3v) is 3.49. The molecule has 2 fully saturated rings. The quantitative estimate of drug-likeness (QED) is 0.497. The van der Waals surface area contributed by atoms with Gasteiger partial charge in [-0.05, 0) is 37.0 Å². The molecule has 0 radical (unpaired) electrons. The number of aldehydes is 1. The molecule has 0 aromatic heterocycles. The standard InChI is InChI=1S/C10H15NO/c11-5-9(6-12)10-4-7-1-2-8(10)3-7/h5-8,10H,1-4,11H2. The molecule has 0 spiro atoms. The van der Waals surface area contributed by atoms with Crippen LogP contribution in [0.5, 0.6) is 0 Å². The van der Waals surface area contributed by atoms with Crippen molar-refractivity contribution in [3.8, 4) is 0 Å². The molecule has 0 amide bonds. The maximum atomic E-state index is 10.7. The monoisotopic (exact) mass is 165 g/mol. The number of fused-ring (bicyclic) bond motifs is 2. The van der Waals surface area contributed by atoms with Gasteiger partial charge < -0.3 is 5.73 Å². The fraction of sp³-hybridized carbons (Fsp3) is 0.700. The van der Waals surface area contributed by atoms with E-state index in [0.29, 0.717) is 5.92 Å². The second kappa shape index (κ2) is 2.92. The summed E-state index contributed by atoms with van der Waals surface area (Å²) in [6.07, 6.45) is 7.64. The lowest BCUT2D eigenvalue weighted by Gasteiger charge is -2.20. The Balaban J connectivity index is 2.11. The Kier molecular flexibility index (Phi) is 1.91. The summed E-state index contributed by atoms with van der Waals surface area (Å²) in [7, 11) is 0. The minimum atomic E-state index is 0.492. The van der Waals surface area contributed by atoms with Crippen LogP contribution < -0.4 is 5.73 Å². The predicted molar refractivity (Wildman–Crippen MR) is 47.3 cm³/mol. The summed E-state index contributed by atoms with van der Waals surface area (Å²) in [5.41, 5.74) is 6.24. The zero-order valence-corrected chi connectivity index (χ0v) is 7.20. The van der Waals surface area contributed by atoms with Gasteiger partial charge in [0.25, 0.3) is 0 Å². The molecule has 2 aliphatic rings. The molecule has 2 bridgehead atoms. The molecule has 2 saturated carbocycles. The van der Waals surface area contributed by atoms with Crippen LogP contribution in [0.4, 0.5) is 0 Å². The molecule has 3 atom stereocenters. The first-order valence-electron chi connectivity index (χ1n) is 4.72. The molecular formula is C10H15NO. The molecule has 12 heavy (non-hydrogen) atoms. The largest absolute Gasteiger partial charge is 0.404 e. The van der Waals surface area contributed by atoms with Crippen molar-refractivity contribution in [2.24, 2.45) is 23.5 Å². The van der Waals surface area contributed by atoms with Crippen molar-refractivity contribution in [3.05, 3.63) is 11.8 Å². The molecule has 0 heterocycles. The second-order valence-corrected chi connectivity index (χ2v) is 4.07. The van der Waals surface area contributed by atoms with Crippen molar-refractivity contribution < 1.29 is 4.79 Å². The van der Waals surface area contributed by atoms with E-state index in [4.69, 9.17) is 5.73 Å². The maximum Gasteiger partial charge on any atom is 0.147 e. The van der Waals surface area contributed by atoms with Gasteiger partial charge in [0.2, 0.25) is 0 Å². The summed E-state index contributed by atoms with van der Waals surface area (Å²) >= 11 is 0. The molecular weight excluding hydrogens is 150 g/mol. The fourth-order valence-electron chi connectivity index (χ4n) is 2.90. The predicted octanol–water partition coefficient (Wildman–Crippen LogP) is 1.46. The van der Waals surface area contributed by atoms with E-state index in [-0.39, 0.29) is 0 Å². The van der Waals surface area contributed by atoms with Crippen LogP contribution in [0.1, 0.15) is 25.7 Å². The summed E-state index contributed by atoms with van der Waals surface area (Å²) in [4.78, 5) is 10.7. The minimum Gasteiger partial charge on any atom is -0.404 e. The zero-order chi connectivity index (χ0) is 8.55. The zero-order valence-electron chi connectivity index (χ0n) is 7.20. The maximum absolute atomic E-state index is 10.7. The number of rotatable bonds is 2. The van der Waals surface area contributed by atoms with E-state index in [9.17, 15) is 4.79 Å². The van der Waals surface area contributed by atoms with Gasteiger partial charge in [0, 0.05) is 11.8 Å². The van der Waals surface area contributed by atoms with Gasteiger partial charge in [0.1, 0.15) is 6.29 Å². The molecule has 0 aliphatic heterocycles. The van der Waals surface area contributed by atoms with Crippen LogP contribution >= 0.6 is 0 Å². The summed E-state index contributed by atoms with van der Waals surface area (Å²) in [5.74, 6) is 2.14. The van der Waals surface area contributed by atoms with Crippen LogP contribution in [0.3, 0.4) is 0 Å². The summed E-state index contributed by atoms with van der Waals surface area (Å²) in [6.45, 7) is 0. The van der Waals surface area contributed by atoms with E-state index in [1.54, 1.807) is 0 Å². The van der Waals surface area contributed by atoms with Gasteiger partial charge in [-0.3, -0.25) is 4.79 Å². The van der Waals surface area contributed by atoms with Crippen molar-refractivity contribution in [1.82, 2.24) is 0 Å². The number of carbonyl (C=O) groups excluding carboxylic acids is 1. The van der Waals surface area contributed by atoms with Crippen molar-refractivity contribution in [3.63, 3.8) is 0 Å². The third-order valence-electron chi connectivity index (χ3n) is 3.49. The highest BCUT2D eigenvalue weighted by Gasteiger charge is 2.40. The number of hydrogen-bond acceptors (Lipinski definition) is 2. The van der Waals surface area contributed by atoms with Crippen molar-refractivity contribution in [2.45, 2.75) is 25.7 Å². The molecule has 3 unspecified atom stereocenters. The normalized spacial score (nSPS) is 40.3. The molecule has 2 nitrogen and oxygen atoms in total. The molecule has 0 aromatic rings. The first-order valence-corrected chi connectivity index (χ1v) is 4.72. The molecule has 0 aromatic carbocycles. The van der Waals surface area contributed by atoms with Gasteiger partial charge in [0.05, 0.1) is 0 Å². The molecule has 2 aliphatic carbocycles. The minimum absolute atomic E-state index is 0.492. The van der Waals surface area contributed by atoms with E-state index >= 15 is 0 Å². The van der Waals surface area contributed by atoms with Crippen LogP contribution in [0.15, 0.2) is 11.8 Å². The van der Waals surface area contributed by atoms with Gasteiger partial charge in [-0.2, -0.15) is 0 Å². The number of nitrogens with two attached hydrogens (primary N) is 1. The molecule has 2 rings (SSSR count). The molecule has 2 N–H and O–H groups in total. The van der Waals surface area contributed by atoms with Crippen molar-refractivity contribution >= 4 is 6.29 Å². The van der Waals surface area contributed by atoms with E-state index in [0.717, 1.165) is 23.7 Å². The van der Waals surface area contributed by atoms with Gasteiger partial charge in [-0.25, -0.2) is 0 Å². The summed E-state index contributed by atoms with van der Waals surface area (Å²) in [5, 5.41) is 0. The van der Waals surface area contributed by atoms with E-state index in [1.165, 1.54) is 31.9 Å². The smallest absolute Gasteiger partial charge is 0.147 e. The van der Waals surface area contributed by atoms with Gasteiger partial charge in [-0.15, -0.1) is 0 Å². The van der Waals surface area contributed by atoms with Crippen LogP contribution in [0.2, 0.25) is 0 Å². The SMILES string of the molecule is NC=C(C=O)C1CC2CCC1C2. The number of allylic oxidation sites excluding steroid dienone is 1. The molecule has 2 heteroatoms. The highest BCUT2D eigenvalue weighted by molar-refractivity contribution is 5.74. The van der Waals surface area contributed by atoms with E-state index < -0.39 is 0 Å².